The van der Waals surface area contributed by atoms with Crippen molar-refractivity contribution in [1.82, 2.24) is 4.31 Å². The summed E-state index contributed by atoms with van der Waals surface area (Å²) in [4.78, 5) is 0. The van der Waals surface area contributed by atoms with Crippen LogP contribution in [0.4, 0.5) is 0 Å². The van der Waals surface area contributed by atoms with Crippen molar-refractivity contribution in [2.24, 2.45) is 5.14 Å². The standard InChI is InChI=1S/C10H12Cl2N2O3S/c1-14(18(13,16)17)10-7-2-5(11)3-8(12)6(7)4-9(10)15/h2-3,9-10,15H,4H2,1H3,(H2,13,16,17)/t9-,10+/m0/s1. The van der Waals surface area contributed by atoms with Crippen LogP contribution in [-0.4, -0.2) is 31.0 Å². The molecule has 0 fully saturated rings. The van der Waals surface area contributed by atoms with Crippen molar-refractivity contribution in [3.8, 4) is 0 Å². The first-order valence-electron chi connectivity index (χ1n) is 5.13. The van der Waals surface area contributed by atoms with Gasteiger partial charge < -0.3 is 5.11 Å². The van der Waals surface area contributed by atoms with Gasteiger partial charge in [0.1, 0.15) is 0 Å². The number of fused-ring (bicyclic) bond motifs is 1. The van der Waals surface area contributed by atoms with Crippen LogP contribution in [0.5, 0.6) is 0 Å². The molecule has 8 heteroatoms. The van der Waals surface area contributed by atoms with Crippen LogP contribution in [-0.2, 0) is 16.6 Å². The maximum absolute atomic E-state index is 11.4. The molecule has 0 heterocycles. The Morgan fingerprint density at radius 2 is 2.06 bits per heavy atom. The predicted molar refractivity (Wildman–Crippen MR) is 69.8 cm³/mol. The molecule has 0 saturated carbocycles. The number of likely N-dealkylation sites (N-methyl/N-ethyl adjacent to an activating group) is 1. The number of nitrogens with two attached hydrogens (primary N) is 1. The number of halogens is 2. The summed E-state index contributed by atoms with van der Waals surface area (Å²) in [7, 11) is -2.59. The third kappa shape index (κ3) is 2.36. The molecule has 1 aromatic rings. The number of hydrogen-bond donors (Lipinski definition) is 2. The van der Waals surface area contributed by atoms with E-state index in [1.165, 1.54) is 7.05 Å². The van der Waals surface area contributed by atoms with Crippen molar-refractivity contribution in [1.29, 1.82) is 0 Å². The lowest BCUT2D eigenvalue weighted by Gasteiger charge is -2.25. The fourth-order valence-corrected chi connectivity index (χ4v) is 3.38. The van der Waals surface area contributed by atoms with E-state index in [1.54, 1.807) is 12.1 Å². The molecule has 1 aliphatic carbocycles. The molecule has 0 bridgehead atoms. The smallest absolute Gasteiger partial charge is 0.277 e. The molecule has 0 aromatic heterocycles. The monoisotopic (exact) mass is 310 g/mol. The van der Waals surface area contributed by atoms with Crippen LogP contribution in [0.25, 0.3) is 0 Å². The van der Waals surface area contributed by atoms with Crippen LogP contribution in [0.1, 0.15) is 17.2 Å². The average Bonchev–Trinajstić information content (AvgIpc) is 2.52. The zero-order valence-corrected chi connectivity index (χ0v) is 11.8. The second-order valence-corrected chi connectivity index (χ2v) is 6.68. The summed E-state index contributed by atoms with van der Waals surface area (Å²) in [5.41, 5.74) is 1.30. The van der Waals surface area contributed by atoms with E-state index < -0.39 is 22.4 Å². The second kappa shape index (κ2) is 4.63. The number of nitrogens with zero attached hydrogens (tertiary/aromatic N) is 1. The molecule has 0 amide bonds. The van der Waals surface area contributed by atoms with Gasteiger partial charge in [0.15, 0.2) is 0 Å². The van der Waals surface area contributed by atoms with Gasteiger partial charge >= 0.3 is 0 Å². The van der Waals surface area contributed by atoms with Gasteiger partial charge in [-0.1, -0.05) is 23.2 Å². The maximum atomic E-state index is 11.4. The van der Waals surface area contributed by atoms with Gasteiger partial charge in [-0.2, -0.15) is 12.7 Å². The summed E-state index contributed by atoms with van der Waals surface area (Å²) < 4.78 is 23.7. The summed E-state index contributed by atoms with van der Waals surface area (Å²) in [6, 6.07) is 2.41. The largest absolute Gasteiger partial charge is 0.391 e. The second-order valence-electron chi connectivity index (χ2n) is 4.23. The van der Waals surface area contributed by atoms with Crippen molar-refractivity contribution in [2.75, 3.05) is 7.05 Å². The molecule has 2 atom stereocenters. The summed E-state index contributed by atoms with van der Waals surface area (Å²) >= 11 is 11.9. The molecule has 0 saturated heterocycles. The molecule has 100 valence electrons. The molecule has 0 unspecified atom stereocenters. The van der Waals surface area contributed by atoms with E-state index in [0.717, 1.165) is 4.31 Å². The van der Waals surface area contributed by atoms with Crippen molar-refractivity contribution in [2.45, 2.75) is 18.6 Å². The van der Waals surface area contributed by atoms with Crippen molar-refractivity contribution in [3.05, 3.63) is 33.3 Å². The lowest BCUT2D eigenvalue weighted by atomic mass is 10.1. The van der Waals surface area contributed by atoms with E-state index in [9.17, 15) is 13.5 Å². The van der Waals surface area contributed by atoms with E-state index >= 15 is 0 Å². The molecular weight excluding hydrogens is 299 g/mol. The Balaban J connectivity index is 2.55. The van der Waals surface area contributed by atoms with Gasteiger partial charge in [0.25, 0.3) is 10.2 Å². The molecule has 0 radical (unpaired) electrons. The topological polar surface area (TPSA) is 83.6 Å². The quantitative estimate of drug-likeness (QED) is 0.857. The first-order chi connectivity index (χ1) is 8.21. The molecule has 18 heavy (non-hydrogen) atoms. The summed E-state index contributed by atoms with van der Waals surface area (Å²) in [6.07, 6.45) is -0.616. The van der Waals surface area contributed by atoms with Gasteiger partial charge in [-0.3, -0.25) is 0 Å². The minimum atomic E-state index is -3.90. The number of aliphatic hydroxyl groups excluding tert-OH is 1. The predicted octanol–water partition coefficient (Wildman–Crippen LogP) is 1.09. The van der Waals surface area contributed by atoms with Gasteiger partial charge in [-0.25, -0.2) is 5.14 Å². The zero-order valence-electron chi connectivity index (χ0n) is 9.47. The number of aliphatic hydroxyl groups is 1. The highest BCUT2D eigenvalue weighted by molar-refractivity contribution is 7.86. The number of benzene rings is 1. The molecule has 0 aliphatic heterocycles. The van der Waals surface area contributed by atoms with Crippen LogP contribution in [0.2, 0.25) is 10.0 Å². The van der Waals surface area contributed by atoms with E-state index in [4.69, 9.17) is 28.3 Å². The van der Waals surface area contributed by atoms with Gasteiger partial charge in [0.05, 0.1) is 12.1 Å². The fraction of sp³-hybridized carbons (Fsp3) is 0.400. The van der Waals surface area contributed by atoms with Gasteiger partial charge in [-0.05, 0) is 23.3 Å². The molecule has 3 N–H and O–H groups in total. The Bertz CT molecular complexity index is 591. The lowest BCUT2D eigenvalue weighted by Crippen LogP contribution is -2.39. The summed E-state index contributed by atoms with van der Waals surface area (Å²) in [6.45, 7) is 0. The highest BCUT2D eigenvalue weighted by Crippen LogP contribution is 2.41. The molecule has 5 nitrogen and oxygen atoms in total. The van der Waals surface area contributed by atoms with Gasteiger partial charge in [-0.15, -0.1) is 0 Å². The first kappa shape index (κ1) is 14.0. The molecule has 2 rings (SSSR count). The van der Waals surface area contributed by atoms with E-state index in [-0.39, 0.29) is 6.42 Å². The van der Waals surface area contributed by atoms with Crippen LogP contribution in [0.3, 0.4) is 0 Å². The molecule has 1 aromatic carbocycles. The Labute approximate surface area is 115 Å². The van der Waals surface area contributed by atoms with Crippen molar-refractivity contribution < 1.29 is 13.5 Å². The number of hydrogen-bond acceptors (Lipinski definition) is 3. The SMILES string of the molecule is CN([C@@H]1c2cc(Cl)cc(Cl)c2C[C@@H]1O)S(N)(=O)=O. The van der Waals surface area contributed by atoms with E-state index in [0.29, 0.717) is 21.2 Å². The Kier molecular flexibility index (Phi) is 3.61. The van der Waals surface area contributed by atoms with Gasteiger partial charge in [0.2, 0.25) is 0 Å². The average molecular weight is 311 g/mol. The minimum Gasteiger partial charge on any atom is -0.391 e. The van der Waals surface area contributed by atoms with Crippen LogP contribution in [0.15, 0.2) is 12.1 Å². The Morgan fingerprint density at radius 3 is 2.61 bits per heavy atom. The summed E-state index contributed by atoms with van der Waals surface area (Å²) in [5, 5.41) is 15.9. The Morgan fingerprint density at radius 1 is 1.44 bits per heavy atom. The normalized spacial score (nSPS) is 23.4. The van der Waals surface area contributed by atoms with Crippen LogP contribution < -0.4 is 5.14 Å². The zero-order chi connectivity index (χ0) is 13.7. The maximum Gasteiger partial charge on any atom is 0.277 e. The number of rotatable bonds is 2. The third-order valence-electron chi connectivity index (χ3n) is 3.08. The summed E-state index contributed by atoms with van der Waals surface area (Å²) in [5.74, 6) is 0. The third-order valence-corrected chi connectivity index (χ3v) is 4.67. The highest BCUT2D eigenvalue weighted by Gasteiger charge is 2.39. The fourth-order valence-electron chi connectivity index (χ4n) is 2.23. The molecular formula is C10H12Cl2N2O3S. The van der Waals surface area contributed by atoms with Crippen molar-refractivity contribution in [3.63, 3.8) is 0 Å². The van der Waals surface area contributed by atoms with Crippen molar-refractivity contribution >= 4 is 33.4 Å². The first-order valence-corrected chi connectivity index (χ1v) is 7.39. The Hall–Kier alpha value is -0.370. The van der Waals surface area contributed by atoms with E-state index in [2.05, 4.69) is 0 Å². The highest BCUT2D eigenvalue weighted by atomic mass is 35.5. The molecule has 0 spiro atoms. The van der Waals surface area contributed by atoms with Gasteiger partial charge in [0, 0.05) is 23.5 Å². The lowest BCUT2D eigenvalue weighted by molar-refractivity contribution is 0.113. The van der Waals surface area contributed by atoms with Crippen LogP contribution >= 0.6 is 23.2 Å². The minimum absolute atomic E-state index is 0.274. The molecule has 1 aliphatic rings. The van der Waals surface area contributed by atoms with E-state index in [1.807, 2.05) is 0 Å². The van der Waals surface area contributed by atoms with Crippen LogP contribution in [0, 0.1) is 0 Å².